The number of carboxylic acids is 1. The monoisotopic (exact) mass is 297 g/mol. The quantitative estimate of drug-likeness (QED) is 0.848. The highest BCUT2D eigenvalue weighted by Gasteiger charge is 2.41. The molecule has 1 aromatic carbocycles. The van der Waals surface area contributed by atoms with Gasteiger partial charge in [0.15, 0.2) is 11.6 Å². The van der Waals surface area contributed by atoms with E-state index in [2.05, 4.69) is 12.2 Å². The van der Waals surface area contributed by atoms with Crippen molar-refractivity contribution in [2.45, 2.75) is 32.6 Å². The van der Waals surface area contributed by atoms with Crippen LogP contribution in [-0.4, -0.2) is 23.5 Å². The summed E-state index contributed by atoms with van der Waals surface area (Å²) < 4.78 is 26.3. The maximum absolute atomic E-state index is 13.2. The summed E-state index contributed by atoms with van der Waals surface area (Å²) >= 11 is 0. The molecule has 1 amide bonds. The zero-order valence-electron chi connectivity index (χ0n) is 11.7. The number of benzene rings is 1. The first-order chi connectivity index (χ1) is 9.88. The topological polar surface area (TPSA) is 66.4 Å². The van der Waals surface area contributed by atoms with Crippen molar-refractivity contribution >= 4 is 11.9 Å². The van der Waals surface area contributed by atoms with Crippen molar-refractivity contribution in [2.24, 2.45) is 5.41 Å². The third kappa shape index (κ3) is 3.37. The smallest absolute Gasteiger partial charge is 0.336 e. The molecule has 0 atom stereocenters. The molecule has 21 heavy (non-hydrogen) atoms. The Morgan fingerprint density at radius 3 is 2.29 bits per heavy atom. The van der Waals surface area contributed by atoms with Crippen molar-refractivity contribution in [1.82, 2.24) is 5.32 Å². The van der Waals surface area contributed by atoms with Crippen molar-refractivity contribution < 1.29 is 23.5 Å². The summed E-state index contributed by atoms with van der Waals surface area (Å²) in [7, 11) is 0. The second-order valence-corrected chi connectivity index (χ2v) is 5.55. The van der Waals surface area contributed by atoms with E-state index in [1.807, 2.05) is 0 Å². The van der Waals surface area contributed by atoms with Gasteiger partial charge in [0.2, 0.25) is 0 Å². The van der Waals surface area contributed by atoms with E-state index in [0.29, 0.717) is 18.7 Å². The van der Waals surface area contributed by atoms with Crippen LogP contribution in [0.2, 0.25) is 0 Å². The van der Waals surface area contributed by atoms with Crippen LogP contribution >= 0.6 is 0 Å². The van der Waals surface area contributed by atoms with E-state index in [9.17, 15) is 18.4 Å². The Kier molecular flexibility index (Phi) is 4.25. The predicted octanol–water partition coefficient (Wildman–Crippen LogP) is 2.97. The Bertz CT molecular complexity index is 583. The molecule has 0 unspecified atom stereocenters. The Balaban J connectivity index is 2.15. The molecule has 1 saturated carbocycles. The lowest BCUT2D eigenvalue weighted by Gasteiger charge is -2.15. The van der Waals surface area contributed by atoms with E-state index in [1.165, 1.54) is 0 Å². The van der Waals surface area contributed by atoms with Gasteiger partial charge in [-0.2, -0.15) is 0 Å². The fraction of sp³-hybridized carbons (Fsp3) is 0.467. The minimum absolute atomic E-state index is 0.0897. The molecular formula is C15H17F2NO3. The number of hydrogen-bond acceptors (Lipinski definition) is 2. The lowest BCUT2D eigenvalue weighted by Crippen LogP contribution is -2.31. The van der Waals surface area contributed by atoms with Gasteiger partial charge in [-0.1, -0.05) is 13.3 Å². The molecule has 2 rings (SSSR count). The number of carboxylic acid groups (broad SMARTS) is 1. The van der Waals surface area contributed by atoms with Gasteiger partial charge in [0.05, 0.1) is 11.1 Å². The number of hydrogen-bond donors (Lipinski definition) is 2. The maximum atomic E-state index is 13.2. The van der Waals surface area contributed by atoms with E-state index in [1.54, 1.807) is 0 Å². The van der Waals surface area contributed by atoms with Gasteiger partial charge >= 0.3 is 5.97 Å². The predicted molar refractivity (Wildman–Crippen MR) is 72.2 cm³/mol. The summed E-state index contributed by atoms with van der Waals surface area (Å²) in [6.07, 6.45) is 4.02. The summed E-state index contributed by atoms with van der Waals surface area (Å²) in [4.78, 5) is 23.1. The maximum Gasteiger partial charge on any atom is 0.336 e. The van der Waals surface area contributed by atoms with Crippen LogP contribution in [0.1, 0.15) is 53.3 Å². The van der Waals surface area contributed by atoms with Gasteiger partial charge in [0.1, 0.15) is 0 Å². The molecule has 1 aliphatic carbocycles. The van der Waals surface area contributed by atoms with Crippen LogP contribution in [0, 0.1) is 17.0 Å². The van der Waals surface area contributed by atoms with Crippen LogP contribution in [0.25, 0.3) is 0 Å². The third-order valence-electron chi connectivity index (χ3n) is 3.90. The molecule has 2 N–H and O–H groups in total. The van der Waals surface area contributed by atoms with E-state index < -0.39 is 29.1 Å². The van der Waals surface area contributed by atoms with Gasteiger partial charge in [-0.15, -0.1) is 0 Å². The lowest BCUT2D eigenvalue weighted by atomic mass is 10.00. The van der Waals surface area contributed by atoms with Crippen molar-refractivity contribution in [3.05, 3.63) is 34.9 Å². The Morgan fingerprint density at radius 1 is 1.24 bits per heavy atom. The number of carbonyl (C=O) groups is 2. The molecule has 6 heteroatoms. The van der Waals surface area contributed by atoms with Crippen molar-refractivity contribution in [3.8, 4) is 0 Å². The van der Waals surface area contributed by atoms with Crippen LogP contribution in [0.5, 0.6) is 0 Å². The van der Waals surface area contributed by atoms with Gasteiger partial charge < -0.3 is 10.4 Å². The summed E-state index contributed by atoms with van der Waals surface area (Å²) in [5, 5.41) is 11.6. The Labute approximate surface area is 121 Å². The van der Waals surface area contributed by atoms with Crippen LogP contribution < -0.4 is 5.32 Å². The molecule has 0 heterocycles. The second-order valence-electron chi connectivity index (χ2n) is 5.55. The highest BCUT2D eigenvalue weighted by molar-refractivity contribution is 6.04. The van der Waals surface area contributed by atoms with E-state index in [4.69, 9.17) is 5.11 Å². The van der Waals surface area contributed by atoms with Crippen LogP contribution in [0.3, 0.4) is 0 Å². The van der Waals surface area contributed by atoms with E-state index >= 15 is 0 Å². The average molecular weight is 297 g/mol. The third-order valence-corrected chi connectivity index (χ3v) is 3.90. The zero-order chi connectivity index (χ0) is 15.6. The van der Waals surface area contributed by atoms with Gasteiger partial charge in [0.25, 0.3) is 5.91 Å². The fourth-order valence-corrected chi connectivity index (χ4v) is 2.50. The first-order valence-electron chi connectivity index (χ1n) is 6.89. The summed E-state index contributed by atoms with van der Waals surface area (Å²) in [5.41, 5.74) is -0.799. The number of rotatable bonds is 6. The highest BCUT2D eigenvalue weighted by atomic mass is 19.2. The fourth-order valence-electron chi connectivity index (χ4n) is 2.50. The Hall–Kier alpha value is -1.98. The molecule has 4 nitrogen and oxygen atoms in total. The van der Waals surface area contributed by atoms with Crippen LogP contribution in [0.15, 0.2) is 12.1 Å². The SMILES string of the molecule is CCCC1(CNC(=O)c2cc(F)c(F)cc2C(=O)O)CC1. The van der Waals surface area contributed by atoms with Crippen LogP contribution in [-0.2, 0) is 0 Å². The summed E-state index contributed by atoms with van der Waals surface area (Å²) in [6.45, 7) is 2.48. The molecule has 1 fully saturated rings. The van der Waals surface area contributed by atoms with Gasteiger partial charge in [0, 0.05) is 6.54 Å². The average Bonchev–Trinajstić information content (AvgIpc) is 3.19. The van der Waals surface area contributed by atoms with Crippen molar-refractivity contribution in [1.29, 1.82) is 0 Å². The molecule has 0 aromatic heterocycles. The summed E-state index contributed by atoms with van der Waals surface area (Å²) in [5.74, 6) is -4.67. The zero-order valence-corrected chi connectivity index (χ0v) is 11.7. The Morgan fingerprint density at radius 2 is 1.81 bits per heavy atom. The van der Waals surface area contributed by atoms with Crippen molar-refractivity contribution in [2.75, 3.05) is 6.54 Å². The number of amides is 1. The standard InChI is InChI=1S/C15H17F2NO3/c1-2-3-15(4-5-15)8-18-13(19)9-6-11(16)12(17)7-10(9)14(20)21/h6-7H,2-5,8H2,1H3,(H,18,19)(H,20,21). The number of carbonyl (C=O) groups excluding carboxylic acids is 1. The number of halogens is 2. The molecule has 114 valence electrons. The lowest BCUT2D eigenvalue weighted by molar-refractivity contribution is 0.0690. The normalized spacial score (nSPS) is 15.6. The van der Waals surface area contributed by atoms with Crippen LogP contribution in [0.4, 0.5) is 8.78 Å². The second kappa shape index (κ2) is 5.79. The summed E-state index contributed by atoms with van der Waals surface area (Å²) in [6, 6.07) is 1.17. The minimum atomic E-state index is -1.46. The van der Waals surface area contributed by atoms with E-state index in [-0.39, 0.29) is 11.0 Å². The van der Waals surface area contributed by atoms with Gasteiger partial charge in [-0.05, 0) is 36.8 Å². The molecule has 0 aliphatic heterocycles. The van der Waals surface area contributed by atoms with Gasteiger partial charge in [-0.25, -0.2) is 13.6 Å². The number of nitrogens with one attached hydrogen (secondary N) is 1. The molecule has 0 radical (unpaired) electrons. The molecule has 0 spiro atoms. The molecule has 0 bridgehead atoms. The van der Waals surface area contributed by atoms with Gasteiger partial charge in [-0.3, -0.25) is 4.79 Å². The molecular weight excluding hydrogens is 280 g/mol. The van der Waals surface area contributed by atoms with Crippen molar-refractivity contribution in [3.63, 3.8) is 0 Å². The first kappa shape index (κ1) is 15.4. The van der Waals surface area contributed by atoms with E-state index in [0.717, 1.165) is 25.7 Å². The molecule has 1 aromatic rings. The molecule has 1 aliphatic rings. The number of aromatic carboxylic acids is 1. The molecule has 0 saturated heterocycles. The first-order valence-corrected chi connectivity index (χ1v) is 6.89. The minimum Gasteiger partial charge on any atom is -0.478 e. The highest BCUT2D eigenvalue weighted by Crippen LogP contribution is 2.48. The largest absolute Gasteiger partial charge is 0.478 e.